The number of aryl methyl sites for hydroxylation is 1. The molecule has 6 aromatic rings. The minimum absolute atomic E-state index is 0.0343. The normalized spacial score (nSPS) is 14.9. The number of hydrogen-bond acceptors (Lipinski definition) is 14. The van der Waals surface area contributed by atoms with Crippen LogP contribution in [0.5, 0.6) is 17.2 Å². The van der Waals surface area contributed by atoms with Gasteiger partial charge < -0.3 is 44.9 Å². The standard InChI is InChI=1S/C62H64N8O13S/c1-37(29-51(72)38(2)63-55(73)15-8-6-12-45(71)13-9-26-68-57(75)23-24-58(68)76)59(77)65-41-17-20-46(21-18-41)83-62(80)69-36-44-31-39-11-5-7-14-48(39)70(44)61(79)47-33-52(81-4)53(34-49(47)69)82-27-10-16-56(74)64-43-32-50(67(3)35-43)60(78)66-42-19-22-54-40(30-42)25-28-84-54/h5,7,11,14,17-25,28,30,32-35,37-38,44H,6,8-10,12-13,15-16,26-27,29,31,36H2,1-4H3,(H,63,73)(H,64,74)(H,65,77)(H,66,78)/t37-,38+,44-/m0/s1. The van der Waals surface area contributed by atoms with E-state index >= 15 is 0 Å². The molecule has 3 aliphatic heterocycles. The Morgan fingerprint density at radius 2 is 1.45 bits per heavy atom. The number of thiophene rings is 1. The first-order valence-corrected chi connectivity index (χ1v) is 28.6. The van der Waals surface area contributed by atoms with Crippen LogP contribution in [0.15, 0.2) is 115 Å². The van der Waals surface area contributed by atoms with Gasteiger partial charge in [0.2, 0.25) is 17.7 Å². The zero-order valence-corrected chi connectivity index (χ0v) is 47.7. The zero-order chi connectivity index (χ0) is 59.6. The fourth-order valence-electron chi connectivity index (χ4n) is 10.3. The summed E-state index contributed by atoms with van der Waals surface area (Å²) in [6, 6.07) is 24.7. The molecule has 0 bridgehead atoms. The van der Waals surface area contributed by atoms with Crippen LogP contribution in [0.4, 0.5) is 33.2 Å². The molecular weight excluding hydrogens is 1100 g/mol. The molecule has 4 aromatic carbocycles. The molecule has 0 radical (unpaired) electrons. The van der Waals surface area contributed by atoms with Crippen LogP contribution in [-0.2, 0) is 47.0 Å². The Morgan fingerprint density at radius 1 is 0.726 bits per heavy atom. The number of nitrogens with zero attached hydrogens (tertiary/aromatic N) is 4. The number of carbonyl (C=O) groups excluding carboxylic acids is 10. The molecule has 0 unspecified atom stereocenters. The molecule has 0 spiro atoms. The highest BCUT2D eigenvalue weighted by Crippen LogP contribution is 2.43. The van der Waals surface area contributed by atoms with Crippen LogP contribution < -0.4 is 45.3 Å². The molecule has 2 aromatic heterocycles. The number of nitrogens with one attached hydrogen (secondary N) is 4. The summed E-state index contributed by atoms with van der Waals surface area (Å²) in [7, 11) is 3.15. The maximum Gasteiger partial charge on any atom is 0.419 e. The Hall–Kier alpha value is -9.44. The predicted molar refractivity (Wildman–Crippen MR) is 316 cm³/mol. The first-order valence-electron chi connectivity index (χ1n) is 27.7. The SMILES string of the molecule is COc1cc2c(cc1OCCCC(=O)Nc1cc(C(=O)Nc3ccc4sccc4c3)n(C)c1)N(C(=O)Oc1ccc(NC(=O)[C@@H](C)CC(=O)[C@@H](C)NC(=O)CCCCC(=O)CCCN3C(=O)C=CC3=O)cc1)C[C@@H]1Cc3ccccc3N1C2=O. The molecule has 84 heavy (non-hydrogen) atoms. The molecule has 436 valence electrons. The Bertz CT molecular complexity index is 3570. The van der Waals surface area contributed by atoms with E-state index in [0.717, 1.165) is 26.2 Å². The second-order valence-corrected chi connectivity index (χ2v) is 21.8. The zero-order valence-electron chi connectivity index (χ0n) is 46.9. The lowest BCUT2D eigenvalue weighted by atomic mass is 9.99. The molecule has 0 fully saturated rings. The van der Waals surface area contributed by atoms with E-state index in [0.29, 0.717) is 48.4 Å². The summed E-state index contributed by atoms with van der Waals surface area (Å²) in [5.41, 5.74) is 3.86. The summed E-state index contributed by atoms with van der Waals surface area (Å²) in [4.78, 5) is 134. The molecule has 8 amide bonds. The third-order valence-corrected chi connectivity index (χ3v) is 15.6. The highest BCUT2D eigenvalue weighted by atomic mass is 32.1. The molecule has 5 heterocycles. The highest BCUT2D eigenvalue weighted by molar-refractivity contribution is 7.17. The van der Waals surface area contributed by atoms with Crippen molar-refractivity contribution in [3.8, 4) is 17.2 Å². The fourth-order valence-corrected chi connectivity index (χ4v) is 11.0. The molecule has 0 saturated carbocycles. The molecule has 22 heteroatoms. The summed E-state index contributed by atoms with van der Waals surface area (Å²) in [6.45, 7) is 3.41. The Labute approximate surface area is 488 Å². The number of carbonyl (C=O) groups is 10. The first-order chi connectivity index (χ1) is 40.4. The summed E-state index contributed by atoms with van der Waals surface area (Å²) >= 11 is 1.62. The van der Waals surface area contributed by atoms with Gasteiger partial charge in [0.1, 0.15) is 17.2 Å². The van der Waals surface area contributed by atoms with E-state index in [1.54, 1.807) is 72.2 Å². The van der Waals surface area contributed by atoms with Gasteiger partial charge >= 0.3 is 6.09 Å². The van der Waals surface area contributed by atoms with Crippen LogP contribution in [0.2, 0.25) is 0 Å². The molecule has 9 rings (SSSR count). The number of anilines is 5. The second kappa shape index (κ2) is 26.6. The van der Waals surface area contributed by atoms with Gasteiger partial charge in [0.05, 0.1) is 49.3 Å². The Kier molecular flexibility index (Phi) is 18.8. The number of benzene rings is 4. The van der Waals surface area contributed by atoms with Gasteiger partial charge in [-0.1, -0.05) is 25.1 Å². The largest absolute Gasteiger partial charge is 0.493 e. The predicted octanol–water partition coefficient (Wildman–Crippen LogP) is 8.76. The topological polar surface area (TPSA) is 261 Å². The summed E-state index contributed by atoms with van der Waals surface area (Å²) < 4.78 is 20.6. The molecule has 21 nitrogen and oxygen atoms in total. The number of unbranched alkanes of at least 4 members (excludes halogenated alkanes) is 1. The van der Waals surface area contributed by atoms with E-state index < -0.39 is 41.8 Å². The average molecular weight is 1160 g/mol. The summed E-state index contributed by atoms with van der Waals surface area (Å²) in [5.74, 6) is -3.16. The number of para-hydroxylation sites is 1. The molecule has 3 atom stereocenters. The Morgan fingerprint density at radius 3 is 2.23 bits per heavy atom. The van der Waals surface area contributed by atoms with Crippen molar-refractivity contribution >= 4 is 109 Å². The van der Waals surface area contributed by atoms with Gasteiger partial charge in [0.15, 0.2) is 17.3 Å². The van der Waals surface area contributed by atoms with E-state index in [9.17, 15) is 47.9 Å². The van der Waals surface area contributed by atoms with Gasteiger partial charge in [0.25, 0.3) is 23.6 Å². The van der Waals surface area contributed by atoms with Crippen molar-refractivity contribution in [2.24, 2.45) is 13.0 Å². The van der Waals surface area contributed by atoms with Crippen LogP contribution in [-0.4, -0.2) is 107 Å². The maximum atomic E-state index is 14.6. The van der Waals surface area contributed by atoms with Crippen molar-refractivity contribution in [2.45, 2.75) is 90.1 Å². The van der Waals surface area contributed by atoms with Gasteiger partial charge in [-0.3, -0.25) is 53.0 Å². The van der Waals surface area contributed by atoms with Crippen molar-refractivity contribution < 1.29 is 62.2 Å². The van der Waals surface area contributed by atoms with E-state index in [1.807, 2.05) is 53.9 Å². The van der Waals surface area contributed by atoms with E-state index in [4.69, 9.17) is 14.2 Å². The summed E-state index contributed by atoms with van der Waals surface area (Å²) in [5, 5.41) is 14.2. The third kappa shape index (κ3) is 14.2. The van der Waals surface area contributed by atoms with Crippen LogP contribution in [0.3, 0.4) is 0 Å². The number of aromatic nitrogens is 1. The van der Waals surface area contributed by atoms with Crippen LogP contribution in [0.1, 0.15) is 98.0 Å². The number of ketones is 2. The highest BCUT2D eigenvalue weighted by Gasteiger charge is 2.42. The van der Waals surface area contributed by atoms with Crippen LogP contribution in [0.25, 0.3) is 10.1 Å². The smallest absolute Gasteiger partial charge is 0.419 e. The quantitative estimate of drug-likeness (QED) is 0.0309. The van der Waals surface area contributed by atoms with Crippen molar-refractivity contribution in [3.63, 3.8) is 0 Å². The maximum absolute atomic E-state index is 14.6. The van der Waals surface area contributed by atoms with Crippen LogP contribution >= 0.6 is 11.3 Å². The third-order valence-electron chi connectivity index (χ3n) is 14.7. The number of methoxy groups -OCH3 is 1. The van der Waals surface area contributed by atoms with E-state index in [1.165, 1.54) is 42.4 Å². The number of amides is 8. The number of rotatable bonds is 25. The number of hydrogen-bond donors (Lipinski definition) is 4. The molecule has 0 saturated heterocycles. The lowest BCUT2D eigenvalue weighted by molar-refractivity contribution is -0.137. The number of imide groups is 1. The summed E-state index contributed by atoms with van der Waals surface area (Å²) in [6.07, 6.45) is 5.70. The molecule has 0 aliphatic carbocycles. The van der Waals surface area contributed by atoms with Crippen molar-refractivity contribution in [2.75, 3.05) is 52.6 Å². The molecule has 3 aliphatic rings. The van der Waals surface area contributed by atoms with Crippen LogP contribution in [0, 0.1) is 5.92 Å². The van der Waals surface area contributed by atoms with Crippen molar-refractivity contribution in [1.82, 2.24) is 14.8 Å². The Balaban J connectivity index is 0.763. The van der Waals surface area contributed by atoms with Gasteiger partial charge in [0, 0.05) is 97.8 Å². The monoisotopic (exact) mass is 1160 g/mol. The van der Waals surface area contributed by atoms with Gasteiger partial charge in [-0.2, -0.15) is 0 Å². The number of Topliss-reactive ketones (excluding diaryl/α,β-unsaturated/α-hetero) is 2. The fraction of sp³-hybridized carbons (Fsp3) is 0.323. The number of ether oxygens (including phenoxy) is 3. The second-order valence-electron chi connectivity index (χ2n) is 20.9. The van der Waals surface area contributed by atoms with E-state index in [-0.39, 0.29) is 122 Å². The van der Waals surface area contributed by atoms with Gasteiger partial charge in [-0.05, 0) is 122 Å². The minimum atomic E-state index is -0.861. The van der Waals surface area contributed by atoms with Gasteiger partial charge in [-0.25, -0.2) is 4.79 Å². The van der Waals surface area contributed by atoms with Crippen molar-refractivity contribution in [3.05, 3.63) is 132 Å². The van der Waals surface area contributed by atoms with E-state index in [2.05, 4.69) is 21.3 Å². The number of fused-ring (bicyclic) bond motifs is 5. The molecule has 4 N–H and O–H groups in total. The average Bonchev–Trinajstić information content (AvgIpc) is 4.47. The lowest BCUT2D eigenvalue weighted by Crippen LogP contribution is -2.44. The molecular formula is C62H64N8O13S. The van der Waals surface area contributed by atoms with Gasteiger partial charge in [-0.15, -0.1) is 11.3 Å². The minimum Gasteiger partial charge on any atom is -0.493 e. The first kappa shape index (κ1) is 59.2. The lowest BCUT2D eigenvalue weighted by Gasteiger charge is -2.26. The van der Waals surface area contributed by atoms with Crippen molar-refractivity contribution in [1.29, 1.82) is 0 Å².